The van der Waals surface area contributed by atoms with Gasteiger partial charge < -0.3 is 15.0 Å². The molecule has 3 aliphatic heterocycles. The second-order valence-corrected chi connectivity index (χ2v) is 10.1. The highest BCUT2D eigenvalue weighted by Crippen LogP contribution is 2.38. The molecule has 0 spiro atoms. The Hall–Kier alpha value is -2.30. The molecule has 0 aliphatic carbocycles. The van der Waals surface area contributed by atoms with Crippen LogP contribution < -0.4 is 10.2 Å². The van der Waals surface area contributed by atoms with E-state index in [4.69, 9.17) is 9.72 Å². The molecule has 0 amide bonds. The van der Waals surface area contributed by atoms with Crippen LogP contribution in [-0.2, 0) is 9.53 Å². The van der Waals surface area contributed by atoms with Crippen molar-refractivity contribution < 1.29 is 9.53 Å². The third kappa shape index (κ3) is 4.06. The molecule has 1 N–H and O–H groups in total. The molecule has 0 bridgehead atoms. The van der Waals surface area contributed by atoms with Crippen LogP contribution in [0, 0.1) is 13.8 Å². The van der Waals surface area contributed by atoms with E-state index in [0.717, 1.165) is 54.8 Å². The van der Waals surface area contributed by atoms with Crippen molar-refractivity contribution in [2.45, 2.75) is 44.7 Å². The van der Waals surface area contributed by atoms with Crippen LogP contribution in [0.5, 0.6) is 0 Å². The number of carbonyl (C=O) groups excluding carboxylic acids is 1. The maximum Gasteiger partial charge on any atom is 0.307 e. The summed E-state index contributed by atoms with van der Waals surface area (Å²) in [6.07, 6.45) is 4.81. The molecular weight excluding hydrogens is 426 g/mol. The van der Waals surface area contributed by atoms with Crippen LogP contribution in [0.25, 0.3) is 0 Å². The number of methoxy groups -OCH3 is 1. The summed E-state index contributed by atoms with van der Waals surface area (Å²) in [6.45, 7) is 9.87. The third-order valence-corrected chi connectivity index (χ3v) is 7.83. The van der Waals surface area contributed by atoms with Gasteiger partial charge in [0, 0.05) is 50.5 Å². The Morgan fingerprint density at radius 3 is 2.91 bits per heavy atom. The van der Waals surface area contributed by atoms with Gasteiger partial charge >= 0.3 is 5.97 Å². The van der Waals surface area contributed by atoms with Gasteiger partial charge in [0.1, 0.15) is 10.8 Å². The van der Waals surface area contributed by atoms with E-state index in [1.165, 1.54) is 38.0 Å². The van der Waals surface area contributed by atoms with Crippen LogP contribution in [0.2, 0.25) is 0 Å². The minimum absolute atomic E-state index is 0.138. The SMILES string of the molecule is COC(=O)CC1(N2CCN3CCC[C@H]3C2)CN(c2nc(Nc3cc(C)ns3)ncc2C)C1. The average molecular weight is 458 g/mol. The topological polar surface area (TPSA) is 86.7 Å². The van der Waals surface area contributed by atoms with Gasteiger partial charge in [0.15, 0.2) is 0 Å². The summed E-state index contributed by atoms with van der Waals surface area (Å²) >= 11 is 1.40. The second-order valence-electron chi connectivity index (χ2n) is 9.27. The lowest BCUT2D eigenvalue weighted by molar-refractivity contribution is -0.145. The lowest BCUT2D eigenvalue weighted by Gasteiger charge is -2.58. The van der Waals surface area contributed by atoms with Crippen molar-refractivity contribution in [2.24, 2.45) is 0 Å². The van der Waals surface area contributed by atoms with Crippen molar-refractivity contribution in [3.63, 3.8) is 0 Å². The van der Waals surface area contributed by atoms with Crippen molar-refractivity contribution in [1.29, 1.82) is 0 Å². The summed E-state index contributed by atoms with van der Waals surface area (Å²) in [4.78, 5) is 29.0. The summed E-state index contributed by atoms with van der Waals surface area (Å²) in [6, 6.07) is 2.60. The number of ether oxygens (including phenoxy) is 1. The predicted octanol–water partition coefficient (Wildman–Crippen LogP) is 2.20. The van der Waals surface area contributed by atoms with Gasteiger partial charge in [0.25, 0.3) is 0 Å². The molecule has 2 aromatic rings. The van der Waals surface area contributed by atoms with Gasteiger partial charge in [-0.3, -0.25) is 14.6 Å². The monoisotopic (exact) mass is 457 g/mol. The van der Waals surface area contributed by atoms with Crippen LogP contribution in [0.4, 0.5) is 16.8 Å². The number of aromatic nitrogens is 3. The lowest BCUT2D eigenvalue weighted by atomic mass is 9.82. The van der Waals surface area contributed by atoms with E-state index in [1.807, 2.05) is 26.1 Å². The van der Waals surface area contributed by atoms with Crippen LogP contribution in [-0.4, -0.2) is 88.1 Å². The van der Waals surface area contributed by atoms with Gasteiger partial charge in [-0.25, -0.2) is 4.98 Å². The number of anilines is 3. The fourth-order valence-electron chi connectivity index (χ4n) is 5.35. The number of fused-ring (bicyclic) bond motifs is 1. The molecule has 3 saturated heterocycles. The molecule has 0 radical (unpaired) electrons. The number of hydrogen-bond donors (Lipinski definition) is 1. The van der Waals surface area contributed by atoms with Crippen LogP contribution in [0.1, 0.15) is 30.5 Å². The first-order chi connectivity index (χ1) is 15.5. The second kappa shape index (κ2) is 8.57. The van der Waals surface area contributed by atoms with Crippen molar-refractivity contribution in [3.8, 4) is 0 Å². The van der Waals surface area contributed by atoms with Crippen LogP contribution in [0.15, 0.2) is 12.3 Å². The first kappa shape index (κ1) is 21.5. The quantitative estimate of drug-likeness (QED) is 0.656. The van der Waals surface area contributed by atoms with Crippen molar-refractivity contribution in [1.82, 2.24) is 24.1 Å². The summed E-state index contributed by atoms with van der Waals surface area (Å²) in [5.74, 6) is 1.35. The van der Waals surface area contributed by atoms with Crippen molar-refractivity contribution in [3.05, 3.63) is 23.5 Å². The zero-order chi connectivity index (χ0) is 22.3. The number of nitrogens with one attached hydrogen (secondary N) is 1. The zero-order valence-corrected chi connectivity index (χ0v) is 19.8. The standard InChI is InChI=1S/C22H31N7O2S/c1-15-11-23-21(24-18-9-16(2)26-32-18)25-20(15)28-13-22(14-28,10-19(30)31-3)29-8-7-27-6-4-5-17(27)12-29/h9,11,17H,4-8,10,12-14H2,1-3H3,(H,23,24,25)/t17-/m0/s1. The van der Waals surface area contributed by atoms with Crippen LogP contribution >= 0.6 is 11.5 Å². The Morgan fingerprint density at radius 2 is 2.16 bits per heavy atom. The molecule has 3 fully saturated rings. The summed E-state index contributed by atoms with van der Waals surface area (Å²) in [5, 5.41) is 4.19. The van der Waals surface area contributed by atoms with E-state index >= 15 is 0 Å². The molecule has 172 valence electrons. The minimum atomic E-state index is -0.193. The molecule has 32 heavy (non-hydrogen) atoms. The van der Waals surface area contributed by atoms with E-state index in [0.29, 0.717) is 18.4 Å². The van der Waals surface area contributed by atoms with Crippen LogP contribution in [0.3, 0.4) is 0 Å². The Bertz CT molecular complexity index is 990. The molecule has 0 saturated carbocycles. The molecule has 5 rings (SSSR count). The molecule has 10 heteroatoms. The molecule has 0 aromatic carbocycles. The summed E-state index contributed by atoms with van der Waals surface area (Å²) < 4.78 is 9.38. The van der Waals surface area contributed by atoms with E-state index in [2.05, 4.69) is 29.4 Å². The predicted molar refractivity (Wildman–Crippen MR) is 125 cm³/mol. The smallest absolute Gasteiger partial charge is 0.307 e. The normalized spacial score (nSPS) is 23.0. The summed E-state index contributed by atoms with van der Waals surface area (Å²) in [5.41, 5.74) is 1.81. The van der Waals surface area contributed by atoms with Gasteiger partial charge in [-0.15, -0.1) is 0 Å². The maximum atomic E-state index is 12.3. The Labute approximate surface area is 192 Å². The fraction of sp³-hybridized carbons (Fsp3) is 0.636. The van der Waals surface area contributed by atoms with Gasteiger partial charge in [0.2, 0.25) is 5.95 Å². The summed E-state index contributed by atoms with van der Waals surface area (Å²) in [7, 11) is 1.48. The number of hydrogen-bond acceptors (Lipinski definition) is 10. The Morgan fingerprint density at radius 1 is 1.31 bits per heavy atom. The highest BCUT2D eigenvalue weighted by atomic mass is 32.1. The van der Waals surface area contributed by atoms with E-state index in [9.17, 15) is 4.79 Å². The number of rotatable bonds is 6. The Balaban J connectivity index is 1.33. The molecule has 3 aliphatic rings. The number of nitrogens with zero attached hydrogens (tertiary/aromatic N) is 6. The molecule has 2 aromatic heterocycles. The van der Waals surface area contributed by atoms with Gasteiger partial charge in [-0.1, -0.05) is 0 Å². The maximum absolute atomic E-state index is 12.3. The van der Waals surface area contributed by atoms with Gasteiger partial charge in [-0.2, -0.15) is 9.36 Å². The number of aryl methyl sites for hydroxylation is 2. The number of carbonyl (C=O) groups is 1. The highest BCUT2D eigenvalue weighted by Gasteiger charge is 2.52. The Kier molecular flexibility index (Phi) is 5.77. The number of piperazine rings is 1. The van der Waals surface area contributed by atoms with E-state index in [-0.39, 0.29) is 11.5 Å². The molecule has 1 atom stereocenters. The largest absolute Gasteiger partial charge is 0.469 e. The first-order valence-electron chi connectivity index (χ1n) is 11.3. The average Bonchev–Trinajstić information content (AvgIpc) is 3.39. The van der Waals surface area contributed by atoms with Gasteiger partial charge in [0.05, 0.1) is 24.8 Å². The molecule has 9 nitrogen and oxygen atoms in total. The highest BCUT2D eigenvalue weighted by molar-refractivity contribution is 7.10. The van der Waals surface area contributed by atoms with Crippen molar-refractivity contribution >= 4 is 34.3 Å². The van der Waals surface area contributed by atoms with Gasteiger partial charge in [-0.05, 0) is 50.8 Å². The lowest BCUT2D eigenvalue weighted by Crippen LogP contribution is -2.74. The zero-order valence-electron chi connectivity index (χ0n) is 19.0. The first-order valence-corrected chi connectivity index (χ1v) is 12.1. The molecular formula is C22H31N7O2S. The fourth-order valence-corrected chi connectivity index (χ4v) is 6.00. The van der Waals surface area contributed by atoms with Crippen molar-refractivity contribution in [2.75, 3.05) is 56.6 Å². The molecule has 5 heterocycles. The van der Waals surface area contributed by atoms with E-state index in [1.54, 1.807) is 0 Å². The van der Waals surface area contributed by atoms with E-state index < -0.39 is 0 Å². The third-order valence-electron chi connectivity index (χ3n) is 7.04. The molecule has 0 unspecified atom stereocenters. The number of esters is 1. The minimum Gasteiger partial charge on any atom is -0.469 e.